The van der Waals surface area contributed by atoms with Crippen LogP contribution in [0.25, 0.3) is 0 Å². The standard InChI is InChI=1S/C15H21FN2O3/c1-8-11-9(2)18(14(20)21-15(3,4)5)7-10(11)17(6)13(19)12(8)16/h9H,7H2,1-6H3/t9-/m1/s1. The Kier molecular flexibility index (Phi) is 3.59. The normalized spacial score (nSPS) is 17.9. The van der Waals surface area contributed by atoms with Crippen LogP contribution in [-0.2, 0) is 18.3 Å². The van der Waals surface area contributed by atoms with Gasteiger partial charge in [-0.15, -0.1) is 0 Å². The van der Waals surface area contributed by atoms with E-state index in [1.807, 2.05) is 6.92 Å². The van der Waals surface area contributed by atoms with Crippen LogP contribution in [0.2, 0.25) is 0 Å². The van der Waals surface area contributed by atoms with Crippen molar-refractivity contribution < 1.29 is 13.9 Å². The summed E-state index contributed by atoms with van der Waals surface area (Å²) in [6, 6.07) is -0.323. The van der Waals surface area contributed by atoms with Crippen molar-refractivity contribution in [3.8, 4) is 0 Å². The lowest BCUT2D eigenvalue weighted by Crippen LogP contribution is -2.35. The average molecular weight is 296 g/mol. The molecule has 21 heavy (non-hydrogen) atoms. The van der Waals surface area contributed by atoms with Crippen LogP contribution < -0.4 is 5.56 Å². The van der Waals surface area contributed by atoms with E-state index in [0.717, 1.165) is 0 Å². The number of amides is 1. The van der Waals surface area contributed by atoms with Crippen molar-refractivity contribution in [1.29, 1.82) is 0 Å². The fraction of sp³-hybridized carbons (Fsp3) is 0.600. The third-order valence-corrected chi connectivity index (χ3v) is 3.77. The Hall–Kier alpha value is -1.85. The number of hydrogen-bond donors (Lipinski definition) is 0. The van der Waals surface area contributed by atoms with Gasteiger partial charge in [-0.05, 0) is 40.2 Å². The van der Waals surface area contributed by atoms with Crippen molar-refractivity contribution in [2.75, 3.05) is 0 Å². The topological polar surface area (TPSA) is 51.5 Å². The van der Waals surface area contributed by atoms with Crippen molar-refractivity contribution in [2.45, 2.75) is 52.8 Å². The molecular formula is C15H21FN2O3. The molecule has 0 radical (unpaired) electrons. The predicted octanol–water partition coefficient (Wildman–Crippen LogP) is 2.64. The summed E-state index contributed by atoms with van der Waals surface area (Å²) >= 11 is 0. The van der Waals surface area contributed by atoms with Crippen molar-refractivity contribution in [3.05, 3.63) is 33.0 Å². The van der Waals surface area contributed by atoms with Crippen LogP contribution in [0.3, 0.4) is 0 Å². The van der Waals surface area contributed by atoms with Gasteiger partial charge in [0, 0.05) is 18.3 Å². The number of ether oxygens (including phenoxy) is 1. The first kappa shape index (κ1) is 15.5. The summed E-state index contributed by atoms with van der Waals surface area (Å²) in [5.41, 5.74) is 0.409. The lowest BCUT2D eigenvalue weighted by Gasteiger charge is -2.27. The lowest BCUT2D eigenvalue weighted by atomic mass is 10.0. The van der Waals surface area contributed by atoms with Crippen LogP contribution in [0.5, 0.6) is 0 Å². The van der Waals surface area contributed by atoms with E-state index in [0.29, 0.717) is 16.8 Å². The first-order valence-corrected chi connectivity index (χ1v) is 6.92. The quantitative estimate of drug-likeness (QED) is 0.739. The zero-order valence-electron chi connectivity index (χ0n) is 13.3. The molecule has 116 valence electrons. The SMILES string of the molecule is Cc1c2c(n(C)c(=O)c1F)CN(C(=O)OC(C)(C)C)[C@@H]2C. The molecule has 0 N–H and O–H groups in total. The molecule has 1 atom stereocenters. The first-order chi connectivity index (χ1) is 9.54. The van der Waals surface area contributed by atoms with Crippen molar-refractivity contribution >= 4 is 6.09 Å². The maximum Gasteiger partial charge on any atom is 0.411 e. The third kappa shape index (κ3) is 2.54. The zero-order chi connectivity index (χ0) is 16.1. The molecule has 0 spiro atoms. The number of aromatic nitrogens is 1. The number of nitrogens with zero attached hydrogens (tertiary/aromatic N) is 2. The average Bonchev–Trinajstić information content (AvgIpc) is 2.70. The van der Waals surface area contributed by atoms with Crippen LogP contribution >= 0.6 is 0 Å². The molecule has 1 aliphatic rings. The van der Waals surface area contributed by atoms with E-state index >= 15 is 0 Å². The fourth-order valence-electron chi connectivity index (χ4n) is 2.69. The second kappa shape index (κ2) is 4.86. The van der Waals surface area contributed by atoms with Crippen LogP contribution in [0.4, 0.5) is 9.18 Å². The summed E-state index contributed by atoms with van der Waals surface area (Å²) in [6.45, 7) is 9.01. The Labute approximate surface area is 123 Å². The first-order valence-electron chi connectivity index (χ1n) is 6.92. The van der Waals surface area contributed by atoms with Gasteiger partial charge in [0.15, 0.2) is 5.82 Å². The minimum Gasteiger partial charge on any atom is -0.444 e. The van der Waals surface area contributed by atoms with Crippen LogP contribution in [0, 0.1) is 12.7 Å². The summed E-state index contributed by atoms with van der Waals surface area (Å²) in [5.74, 6) is -0.755. The molecule has 0 bridgehead atoms. The Morgan fingerprint density at radius 3 is 2.48 bits per heavy atom. The summed E-state index contributed by atoms with van der Waals surface area (Å²) < 4.78 is 20.6. The van der Waals surface area contributed by atoms with Gasteiger partial charge >= 0.3 is 6.09 Å². The van der Waals surface area contributed by atoms with E-state index in [-0.39, 0.29) is 12.6 Å². The highest BCUT2D eigenvalue weighted by Crippen LogP contribution is 2.36. The second-order valence-electron chi connectivity index (χ2n) is 6.45. The molecule has 0 fully saturated rings. The molecule has 6 heteroatoms. The van der Waals surface area contributed by atoms with E-state index < -0.39 is 23.1 Å². The highest BCUT2D eigenvalue weighted by atomic mass is 19.1. The van der Waals surface area contributed by atoms with Crippen molar-refractivity contribution in [2.24, 2.45) is 7.05 Å². The Bertz CT molecular complexity index is 658. The summed E-state index contributed by atoms with van der Waals surface area (Å²) in [6.07, 6.45) is -0.460. The molecular weight excluding hydrogens is 275 g/mol. The smallest absolute Gasteiger partial charge is 0.411 e. The van der Waals surface area contributed by atoms with Crippen molar-refractivity contribution in [1.82, 2.24) is 9.47 Å². The van der Waals surface area contributed by atoms with Crippen LogP contribution in [0.15, 0.2) is 4.79 Å². The Balaban J connectivity index is 2.44. The molecule has 2 rings (SSSR count). The molecule has 1 aromatic heterocycles. The maximum atomic E-state index is 14.0. The molecule has 2 heterocycles. The Morgan fingerprint density at radius 1 is 1.38 bits per heavy atom. The molecule has 0 unspecified atom stereocenters. The van der Waals surface area contributed by atoms with Gasteiger partial charge in [-0.2, -0.15) is 0 Å². The van der Waals surface area contributed by atoms with Crippen LogP contribution in [-0.4, -0.2) is 21.2 Å². The minimum absolute atomic E-state index is 0.248. The van der Waals surface area contributed by atoms with E-state index in [1.165, 1.54) is 16.5 Å². The highest BCUT2D eigenvalue weighted by Gasteiger charge is 2.37. The van der Waals surface area contributed by atoms with Gasteiger partial charge < -0.3 is 9.30 Å². The van der Waals surface area contributed by atoms with Gasteiger partial charge in [0.25, 0.3) is 5.56 Å². The van der Waals surface area contributed by atoms with E-state index in [2.05, 4.69) is 0 Å². The van der Waals surface area contributed by atoms with Crippen molar-refractivity contribution in [3.63, 3.8) is 0 Å². The van der Waals surface area contributed by atoms with Gasteiger partial charge in [0.2, 0.25) is 0 Å². The maximum absolute atomic E-state index is 14.0. The van der Waals surface area contributed by atoms with E-state index in [9.17, 15) is 14.0 Å². The van der Waals surface area contributed by atoms with Gasteiger partial charge in [0.1, 0.15) is 5.60 Å². The zero-order valence-corrected chi connectivity index (χ0v) is 13.3. The number of carbonyl (C=O) groups is 1. The van der Waals surface area contributed by atoms with E-state index in [1.54, 1.807) is 27.7 Å². The largest absolute Gasteiger partial charge is 0.444 e. The molecule has 0 saturated heterocycles. The lowest BCUT2D eigenvalue weighted by molar-refractivity contribution is 0.0185. The summed E-state index contributed by atoms with van der Waals surface area (Å²) in [5, 5.41) is 0. The molecule has 0 aromatic carbocycles. The van der Waals surface area contributed by atoms with Gasteiger partial charge in [0.05, 0.1) is 12.6 Å². The van der Waals surface area contributed by atoms with Gasteiger partial charge in [-0.3, -0.25) is 9.69 Å². The van der Waals surface area contributed by atoms with Crippen LogP contribution in [0.1, 0.15) is 50.6 Å². The molecule has 5 nitrogen and oxygen atoms in total. The summed E-state index contributed by atoms with van der Waals surface area (Å²) in [7, 11) is 1.52. The van der Waals surface area contributed by atoms with Gasteiger partial charge in [-0.25, -0.2) is 9.18 Å². The number of halogens is 1. The number of hydrogen-bond acceptors (Lipinski definition) is 3. The Morgan fingerprint density at radius 2 is 1.95 bits per heavy atom. The fourth-order valence-corrected chi connectivity index (χ4v) is 2.69. The second-order valence-corrected chi connectivity index (χ2v) is 6.45. The molecule has 0 aliphatic carbocycles. The minimum atomic E-state index is -0.755. The monoisotopic (exact) mass is 296 g/mol. The highest BCUT2D eigenvalue weighted by molar-refractivity contribution is 5.70. The predicted molar refractivity (Wildman–Crippen MR) is 76.6 cm³/mol. The molecule has 0 saturated carbocycles. The number of carbonyl (C=O) groups excluding carboxylic acids is 1. The third-order valence-electron chi connectivity index (χ3n) is 3.77. The molecule has 1 aliphatic heterocycles. The number of rotatable bonds is 0. The van der Waals surface area contributed by atoms with Gasteiger partial charge in [-0.1, -0.05) is 0 Å². The molecule has 1 aromatic rings. The van der Waals surface area contributed by atoms with E-state index in [4.69, 9.17) is 4.74 Å². The summed E-state index contributed by atoms with van der Waals surface area (Å²) in [4.78, 5) is 25.6. The number of pyridine rings is 1. The number of fused-ring (bicyclic) bond motifs is 1. The molecule has 1 amide bonds.